The zero-order chi connectivity index (χ0) is 57.0. The fraction of sp³-hybridized carbons (Fsp3) is 0.771. The molecule has 0 atom stereocenters. The average Bonchev–Trinajstić information content (AvgIpc) is 3.33. The van der Waals surface area contributed by atoms with E-state index >= 15 is 0 Å². The molecule has 0 radical (unpaired) electrons. The summed E-state index contributed by atoms with van der Waals surface area (Å²) in [6.45, 7) is 30.3. The summed E-state index contributed by atoms with van der Waals surface area (Å²) in [6.07, 6.45) is 46.0. The molecule has 2 aromatic carbocycles. The van der Waals surface area contributed by atoms with E-state index in [4.69, 9.17) is 4.74 Å². The summed E-state index contributed by atoms with van der Waals surface area (Å²) in [5.41, 5.74) is 5.26. The summed E-state index contributed by atoms with van der Waals surface area (Å²) in [4.78, 5) is 24.3. The van der Waals surface area contributed by atoms with Crippen LogP contribution in [0.5, 0.6) is 11.5 Å². The number of rotatable bonds is 39. The third-order valence-electron chi connectivity index (χ3n) is 15.3. The molecule has 0 amide bonds. The summed E-state index contributed by atoms with van der Waals surface area (Å²) in [5.74, 6) is -0.237. The van der Waals surface area contributed by atoms with Crippen molar-refractivity contribution >= 4 is 18.0 Å². The second kappa shape index (κ2) is 39.1. The number of esters is 1. The molecule has 76 heavy (non-hydrogen) atoms. The van der Waals surface area contributed by atoms with Crippen LogP contribution in [-0.2, 0) is 42.4 Å². The van der Waals surface area contributed by atoms with Crippen LogP contribution in [0.3, 0.4) is 0 Å². The van der Waals surface area contributed by atoms with Crippen LogP contribution in [0.2, 0.25) is 0 Å². The Morgan fingerprint density at radius 1 is 0.408 bits per heavy atom. The van der Waals surface area contributed by atoms with Gasteiger partial charge in [0.05, 0.1) is 6.61 Å². The van der Waals surface area contributed by atoms with Gasteiger partial charge in [-0.1, -0.05) is 302 Å². The SMILES string of the molecule is CCCCCCCCCCCCCCCCCCC(=Cc1cc(C(C)(C)C)c(O)c(C(C)(C)C)c1)C(=O)O.CCCCCCCCCCCCCCCCCCOC(=O)CCc1cc(C(C)(C)C)c(O)c(C(C)(C)C)c1. The first kappa shape index (κ1) is 70.7. The van der Waals surface area contributed by atoms with Gasteiger partial charge in [-0.15, -0.1) is 0 Å². The van der Waals surface area contributed by atoms with Gasteiger partial charge >= 0.3 is 11.9 Å². The number of aliphatic carboxylic acids is 1. The number of ether oxygens (including phenoxy) is 1. The average molecular weight is 1060 g/mol. The fourth-order valence-corrected chi connectivity index (χ4v) is 10.3. The quantitative estimate of drug-likeness (QED) is 0.0350. The predicted octanol–water partition coefficient (Wildman–Crippen LogP) is 21.8. The highest BCUT2D eigenvalue weighted by atomic mass is 16.5. The van der Waals surface area contributed by atoms with Gasteiger partial charge in [-0.3, -0.25) is 4.79 Å². The summed E-state index contributed by atoms with van der Waals surface area (Å²) >= 11 is 0. The van der Waals surface area contributed by atoms with Crippen LogP contribution in [0.25, 0.3) is 6.08 Å². The number of phenols is 2. The van der Waals surface area contributed by atoms with E-state index in [9.17, 15) is 24.9 Å². The van der Waals surface area contributed by atoms with E-state index in [1.807, 2.05) is 18.2 Å². The Balaban J connectivity index is 0.000000760. The molecule has 0 saturated heterocycles. The lowest BCUT2D eigenvalue weighted by molar-refractivity contribution is -0.143. The van der Waals surface area contributed by atoms with Gasteiger partial charge in [-0.25, -0.2) is 4.79 Å². The lowest BCUT2D eigenvalue weighted by Gasteiger charge is -2.28. The minimum absolute atomic E-state index is 0.117. The molecule has 0 fully saturated rings. The Hall–Kier alpha value is -3.28. The van der Waals surface area contributed by atoms with Crippen molar-refractivity contribution in [2.45, 2.75) is 343 Å². The van der Waals surface area contributed by atoms with Gasteiger partial charge in [0.15, 0.2) is 0 Å². The van der Waals surface area contributed by atoms with Crippen molar-refractivity contribution in [1.29, 1.82) is 0 Å². The van der Waals surface area contributed by atoms with E-state index in [0.717, 1.165) is 59.1 Å². The first-order chi connectivity index (χ1) is 35.8. The predicted molar refractivity (Wildman–Crippen MR) is 330 cm³/mol. The van der Waals surface area contributed by atoms with Crippen molar-refractivity contribution in [2.24, 2.45) is 0 Å². The van der Waals surface area contributed by atoms with Crippen LogP contribution in [0.1, 0.15) is 349 Å². The highest BCUT2D eigenvalue weighted by Gasteiger charge is 2.28. The minimum atomic E-state index is -0.839. The third-order valence-corrected chi connectivity index (χ3v) is 15.3. The van der Waals surface area contributed by atoms with Crippen LogP contribution in [0.15, 0.2) is 29.8 Å². The molecule has 0 aliphatic carbocycles. The number of benzene rings is 2. The minimum Gasteiger partial charge on any atom is -0.507 e. The maximum absolute atomic E-state index is 12.3. The van der Waals surface area contributed by atoms with E-state index in [1.54, 1.807) is 0 Å². The molecule has 0 aromatic heterocycles. The molecule has 438 valence electrons. The number of carbonyl (C=O) groups is 2. The number of carbonyl (C=O) groups excluding carboxylic acids is 1. The topological polar surface area (TPSA) is 104 Å². The van der Waals surface area contributed by atoms with Crippen molar-refractivity contribution in [3.8, 4) is 11.5 Å². The molecule has 2 rings (SSSR count). The third kappa shape index (κ3) is 32.6. The summed E-state index contributed by atoms with van der Waals surface area (Å²) in [6, 6.07) is 8.04. The number of carboxylic acids is 1. The molecule has 0 saturated carbocycles. The Morgan fingerprint density at radius 3 is 0.974 bits per heavy atom. The van der Waals surface area contributed by atoms with E-state index < -0.39 is 5.97 Å². The number of hydrogen-bond acceptors (Lipinski definition) is 5. The number of aryl methyl sites for hydroxylation is 1. The normalized spacial score (nSPS) is 12.5. The van der Waals surface area contributed by atoms with Crippen molar-refractivity contribution in [3.05, 3.63) is 63.2 Å². The van der Waals surface area contributed by atoms with E-state index in [0.29, 0.717) is 42.9 Å². The zero-order valence-electron chi connectivity index (χ0n) is 52.4. The summed E-state index contributed by atoms with van der Waals surface area (Å²) in [5, 5.41) is 31.7. The molecule has 6 heteroatoms. The molecular weight excluding hydrogens is 937 g/mol. The van der Waals surface area contributed by atoms with Crippen molar-refractivity contribution in [1.82, 2.24) is 0 Å². The van der Waals surface area contributed by atoms with Gasteiger partial charge < -0.3 is 20.1 Å². The zero-order valence-corrected chi connectivity index (χ0v) is 52.4. The Labute approximate surface area is 470 Å². The fourth-order valence-electron chi connectivity index (χ4n) is 10.3. The standard InChI is InChI=1S/C35H62O3.C35H60O3/c1-8-9-10-11-12-13-14-15-16-17-18-19-20-21-22-23-26-38-32(36)25-24-29-27-30(34(2,3)4)33(37)31(28-29)35(5,6)7;1-8-9-10-11-12-13-14-15-16-17-18-19-20-21-22-23-24-29(33(37)38)25-28-26-30(34(2,3)4)32(36)31(27-28)35(5,6)7/h27-28,37H,8-26H2,1-7H3;25-27,36H,8-24H2,1-7H3,(H,37,38). The molecule has 6 nitrogen and oxygen atoms in total. The molecule has 0 spiro atoms. The molecule has 0 aliphatic heterocycles. The molecule has 0 unspecified atom stereocenters. The Morgan fingerprint density at radius 2 is 0.684 bits per heavy atom. The second-order valence-corrected chi connectivity index (χ2v) is 27.1. The summed E-state index contributed by atoms with van der Waals surface area (Å²) in [7, 11) is 0. The summed E-state index contributed by atoms with van der Waals surface area (Å²) < 4.78 is 5.51. The van der Waals surface area contributed by atoms with Gasteiger partial charge in [0.1, 0.15) is 11.5 Å². The molecule has 2 aromatic rings. The monoisotopic (exact) mass is 1060 g/mol. The maximum Gasteiger partial charge on any atom is 0.331 e. The van der Waals surface area contributed by atoms with Gasteiger partial charge in [0.2, 0.25) is 0 Å². The van der Waals surface area contributed by atoms with E-state index in [1.165, 1.54) is 180 Å². The number of unbranched alkanes of at least 4 members (excludes halogenated alkanes) is 30. The van der Waals surface area contributed by atoms with Crippen LogP contribution >= 0.6 is 0 Å². The van der Waals surface area contributed by atoms with Gasteiger partial charge in [-0.2, -0.15) is 0 Å². The highest BCUT2D eigenvalue weighted by Crippen LogP contribution is 2.42. The smallest absolute Gasteiger partial charge is 0.331 e. The van der Waals surface area contributed by atoms with Gasteiger partial charge in [-0.05, 0) is 87.8 Å². The number of carboxylic acid groups (broad SMARTS) is 1. The lowest BCUT2D eigenvalue weighted by atomic mass is 9.78. The van der Waals surface area contributed by atoms with Crippen LogP contribution in [0, 0.1) is 0 Å². The first-order valence-corrected chi connectivity index (χ1v) is 31.7. The maximum atomic E-state index is 12.3. The highest BCUT2D eigenvalue weighted by molar-refractivity contribution is 5.92. The molecular formula is C70H122O6. The molecule has 3 N–H and O–H groups in total. The van der Waals surface area contributed by atoms with Crippen LogP contribution in [-0.4, -0.2) is 33.9 Å². The van der Waals surface area contributed by atoms with E-state index in [-0.39, 0.29) is 27.6 Å². The van der Waals surface area contributed by atoms with Crippen molar-refractivity contribution in [3.63, 3.8) is 0 Å². The number of hydrogen-bond donors (Lipinski definition) is 3. The van der Waals surface area contributed by atoms with E-state index in [2.05, 4.69) is 109 Å². The Bertz CT molecular complexity index is 1800. The van der Waals surface area contributed by atoms with Crippen molar-refractivity contribution in [2.75, 3.05) is 6.61 Å². The van der Waals surface area contributed by atoms with Crippen LogP contribution in [0.4, 0.5) is 0 Å². The first-order valence-electron chi connectivity index (χ1n) is 31.7. The number of aromatic hydroxyl groups is 2. The Kier molecular flexibility index (Phi) is 36.4. The second-order valence-electron chi connectivity index (χ2n) is 27.1. The van der Waals surface area contributed by atoms with Crippen molar-refractivity contribution < 1.29 is 29.6 Å². The van der Waals surface area contributed by atoms with Gasteiger partial charge in [0.25, 0.3) is 0 Å². The van der Waals surface area contributed by atoms with Crippen LogP contribution < -0.4 is 0 Å². The lowest BCUT2D eigenvalue weighted by Crippen LogP contribution is -2.18. The van der Waals surface area contributed by atoms with Gasteiger partial charge in [0, 0.05) is 23.1 Å². The molecule has 0 bridgehead atoms. The molecule has 0 heterocycles. The largest absolute Gasteiger partial charge is 0.507 e. The number of phenolic OH excluding ortho intramolecular Hbond substituents is 2. The molecule has 0 aliphatic rings.